The molecule has 0 aliphatic carbocycles. The Hall–Kier alpha value is -0.570. The highest BCUT2D eigenvalue weighted by atomic mass is 16.5. The highest BCUT2D eigenvalue weighted by molar-refractivity contribution is 5.72. The van der Waals surface area contributed by atoms with Crippen LogP contribution < -0.4 is 5.32 Å². The van der Waals surface area contributed by atoms with Crippen molar-refractivity contribution in [3.63, 3.8) is 0 Å². The molecular weight excluding hydrogens is 202 g/mol. The molecule has 1 N–H and O–H groups in total. The highest BCUT2D eigenvalue weighted by Gasteiger charge is 2.22. The van der Waals surface area contributed by atoms with Crippen molar-refractivity contribution in [1.82, 2.24) is 5.32 Å². The molecule has 1 amide bonds. The molecule has 96 valence electrons. The van der Waals surface area contributed by atoms with Gasteiger partial charge in [-0.15, -0.1) is 0 Å². The van der Waals surface area contributed by atoms with Crippen LogP contribution in [0.2, 0.25) is 0 Å². The number of nitrogens with one attached hydrogen (secondary N) is 1. The zero-order chi connectivity index (χ0) is 12.6. The molecule has 3 heteroatoms. The number of amides is 1. The maximum atomic E-state index is 10.8. The van der Waals surface area contributed by atoms with Crippen molar-refractivity contribution >= 4 is 5.91 Å². The molecule has 0 aliphatic heterocycles. The first kappa shape index (κ1) is 15.4. The first-order valence-electron chi connectivity index (χ1n) is 6.28. The fourth-order valence-electron chi connectivity index (χ4n) is 1.39. The summed E-state index contributed by atoms with van der Waals surface area (Å²) in [6, 6.07) is 0. The van der Waals surface area contributed by atoms with Gasteiger partial charge in [0.15, 0.2) is 0 Å². The summed E-state index contributed by atoms with van der Waals surface area (Å²) in [5.74, 6) is 0.706. The van der Waals surface area contributed by atoms with Crippen LogP contribution >= 0.6 is 0 Å². The topological polar surface area (TPSA) is 38.3 Å². The van der Waals surface area contributed by atoms with Gasteiger partial charge in [0.1, 0.15) is 0 Å². The lowest BCUT2D eigenvalue weighted by Crippen LogP contribution is -2.34. The fourth-order valence-corrected chi connectivity index (χ4v) is 1.39. The molecule has 1 atom stereocenters. The molecular formula is C13H27NO2. The predicted molar refractivity (Wildman–Crippen MR) is 67.4 cm³/mol. The van der Waals surface area contributed by atoms with Crippen LogP contribution in [0, 0.1) is 5.92 Å². The van der Waals surface area contributed by atoms with Crippen molar-refractivity contribution in [2.45, 2.75) is 59.5 Å². The number of carbonyl (C=O) groups is 1. The van der Waals surface area contributed by atoms with Crippen LogP contribution in [0.15, 0.2) is 0 Å². The standard InChI is InChI=1S/C13H27NO2/c1-6-13(5,8-9-14-12(4)15)16-10-7-11(2)3/h11H,6-10H2,1-5H3,(H,14,15). The van der Waals surface area contributed by atoms with E-state index >= 15 is 0 Å². The minimum Gasteiger partial charge on any atom is -0.375 e. The van der Waals surface area contributed by atoms with Crippen molar-refractivity contribution in [3.8, 4) is 0 Å². The predicted octanol–water partition coefficient (Wildman–Crippen LogP) is 2.74. The van der Waals surface area contributed by atoms with Crippen molar-refractivity contribution in [3.05, 3.63) is 0 Å². The van der Waals surface area contributed by atoms with Gasteiger partial charge < -0.3 is 10.1 Å². The summed E-state index contributed by atoms with van der Waals surface area (Å²) in [6.45, 7) is 11.7. The maximum absolute atomic E-state index is 10.8. The Morgan fingerprint density at radius 2 is 2.06 bits per heavy atom. The van der Waals surface area contributed by atoms with E-state index in [1.165, 1.54) is 0 Å². The molecule has 1 unspecified atom stereocenters. The minimum absolute atomic E-state index is 0.0284. The maximum Gasteiger partial charge on any atom is 0.216 e. The molecule has 0 radical (unpaired) electrons. The van der Waals surface area contributed by atoms with Crippen LogP contribution in [0.25, 0.3) is 0 Å². The van der Waals surface area contributed by atoms with Gasteiger partial charge in [-0.3, -0.25) is 4.79 Å². The van der Waals surface area contributed by atoms with Crippen LogP contribution in [0.3, 0.4) is 0 Å². The van der Waals surface area contributed by atoms with E-state index in [9.17, 15) is 4.79 Å². The SMILES string of the molecule is CCC(C)(CCNC(C)=O)OCCC(C)C. The second-order valence-electron chi connectivity index (χ2n) is 5.07. The van der Waals surface area contributed by atoms with E-state index in [0.717, 1.165) is 25.9 Å². The van der Waals surface area contributed by atoms with Gasteiger partial charge in [0, 0.05) is 20.1 Å². The van der Waals surface area contributed by atoms with E-state index in [1.54, 1.807) is 6.92 Å². The van der Waals surface area contributed by atoms with Crippen LogP contribution in [0.5, 0.6) is 0 Å². The van der Waals surface area contributed by atoms with Gasteiger partial charge in [-0.05, 0) is 32.1 Å². The summed E-state index contributed by atoms with van der Waals surface area (Å²) in [5.41, 5.74) is -0.0999. The number of hydrogen-bond donors (Lipinski definition) is 1. The van der Waals surface area contributed by atoms with E-state index in [1.807, 2.05) is 0 Å². The quantitative estimate of drug-likeness (QED) is 0.695. The third kappa shape index (κ3) is 7.69. The second kappa shape index (κ2) is 7.66. The molecule has 0 saturated heterocycles. The zero-order valence-corrected chi connectivity index (χ0v) is 11.4. The van der Waals surface area contributed by atoms with Crippen LogP contribution in [0.4, 0.5) is 0 Å². The summed E-state index contributed by atoms with van der Waals surface area (Å²) in [5, 5.41) is 2.82. The monoisotopic (exact) mass is 229 g/mol. The summed E-state index contributed by atoms with van der Waals surface area (Å²) < 4.78 is 5.92. The summed E-state index contributed by atoms with van der Waals surface area (Å²) >= 11 is 0. The van der Waals surface area contributed by atoms with Gasteiger partial charge in [-0.1, -0.05) is 20.8 Å². The molecule has 0 bridgehead atoms. The zero-order valence-electron chi connectivity index (χ0n) is 11.4. The lowest BCUT2D eigenvalue weighted by Gasteiger charge is -2.29. The van der Waals surface area contributed by atoms with Gasteiger partial charge in [0.05, 0.1) is 5.60 Å². The number of ether oxygens (including phenoxy) is 1. The molecule has 0 aromatic carbocycles. The molecule has 0 rings (SSSR count). The van der Waals surface area contributed by atoms with Gasteiger partial charge in [0.2, 0.25) is 5.91 Å². The highest BCUT2D eigenvalue weighted by Crippen LogP contribution is 2.20. The lowest BCUT2D eigenvalue weighted by atomic mass is 9.98. The Labute approximate surface area is 99.9 Å². The Morgan fingerprint density at radius 1 is 1.44 bits per heavy atom. The molecule has 3 nitrogen and oxygen atoms in total. The Morgan fingerprint density at radius 3 is 2.50 bits per heavy atom. The number of rotatable bonds is 8. The molecule has 0 spiro atoms. The van der Waals surface area contributed by atoms with Gasteiger partial charge in [-0.2, -0.15) is 0 Å². The molecule has 0 heterocycles. The Kier molecular flexibility index (Phi) is 7.39. The summed E-state index contributed by atoms with van der Waals surface area (Å²) in [4.78, 5) is 10.8. The molecule has 16 heavy (non-hydrogen) atoms. The van der Waals surface area contributed by atoms with E-state index in [2.05, 4.69) is 33.0 Å². The molecule has 0 aromatic heterocycles. The smallest absolute Gasteiger partial charge is 0.216 e. The Bertz CT molecular complexity index is 204. The number of hydrogen-bond acceptors (Lipinski definition) is 2. The van der Waals surface area contributed by atoms with E-state index in [4.69, 9.17) is 4.74 Å². The Balaban J connectivity index is 3.85. The van der Waals surface area contributed by atoms with Gasteiger partial charge in [0.25, 0.3) is 0 Å². The van der Waals surface area contributed by atoms with Crippen molar-refractivity contribution < 1.29 is 9.53 Å². The van der Waals surface area contributed by atoms with Gasteiger partial charge in [-0.25, -0.2) is 0 Å². The average Bonchev–Trinajstić information content (AvgIpc) is 2.16. The molecule has 0 aromatic rings. The fraction of sp³-hybridized carbons (Fsp3) is 0.923. The normalized spacial score (nSPS) is 14.9. The minimum atomic E-state index is -0.0999. The summed E-state index contributed by atoms with van der Waals surface area (Å²) in [7, 11) is 0. The average molecular weight is 229 g/mol. The van der Waals surface area contributed by atoms with E-state index < -0.39 is 0 Å². The second-order valence-corrected chi connectivity index (χ2v) is 5.07. The third-order valence-corrected chi connectivity index (χ3v) is 2.92. The molecule has 0 aliphatic rings. The van der Waals surface area contributed by atoms with Crippen molar-refractivity contribution in [1.29, 1.82) is 0 Å². The summed E-state index contributed by atoms with van der Waals surface area (Å²) in [6.07, 6.45) is 2.95. The lowest BCUT2D eigenvalue weighted by molar-refractivity contribution is -0.119. The van der Waals surface area contributed by atoms with Crippen LogP contribution in [-0.2, 0) is 9.53 Å². The molecule has 0 saturated carbocycles. The van der Waals surface area contributed by atoms with Crippen molar-refractivity contribution in [2.24, 2.45) is 5.92 Å². The van der Waals surface area contributed by atoms with Crippen LogP contribution in [-0.4, -0.2) is 24.7 Å². The first-order chi connectivity index (χ1) is 7.39. The number of carbonyl (C=O) groups excluding carboxylic acids is 1. The molecule has 0 fully saturated rings. The first-order valence-corrected chi connectivity index (χ1v) is 6.28. The third-order valence-electron chi connectivity index (χ3n) is 2.92. The van der Waals surface area contributed by atoms with Crippen LogP contribution in [0.1, 0.15) is 53.9 Å². The van der Waals surface area contributed by atoms with E-state index in [0.29, 0.717) is 12.5 Å². The van der Waals surface area contributed by atoms with Crippen molar-refractivity contribution in [2.75, 3.05) is 13.2 Å². The largest absolute Gasteiger partial charge is 0.375 e. The van der Waals surface area contributed by atoms with Gasteiger partial charge >= 0.3 is 0 Å². The van der Waals surface area contributed by atoms with E-state index in [-0.39, 0.29) is 11.5 Å².